The van der Waals surface area contributed by atoms with Gasteiger partial charge in [0.15, 0.2) is 0 Å². The fraction of sp³-hybridized carbons (Fsp3) is 0.368. The van der Waals surface area contributed by atoms with Crippen LogP contribution < -0.4 is 5.32 Å². The molecule has 1 aliphatic carbocycles. The van der Waals surface area contributed by atoms with Gasteiger partial charge in [-0.05, 0) is 47.9 Å². The highest BCUT2D eigenvalue weighted by Crippen LogP contribution is 2.41. The summed E-state index contributed by atoms with van der Waals surface area (Å²) in [5, 5.41) is 4.71. The number of likely N-dealkylation sites (N-methyl/N-ethyl adjacent to an activating group) is 1. The molecule has 25 heavy (non-hydrogen) atoms. The quantitative estimate of drug-likeness (QED) is 0.857. The minimum absolute atomic E-state index is 0.115. The number of carbonyl (C=O) groups excluding carboxylic acids is 2. The monoisotopic (exact) mass is 358 g/mol. The van der Waals surface area contributed by atoms with Crippen LogP contribution in [0.4, 0.5) is 10.1 Å². The van der Waals surface area contributed by atoms with Gasteiger partial charge in [0, 0.05) is 24.4 Å². The molecule has 4 rings (SSSR count). The zero-order valence-electron chi connectivity index (χ0n) is 13.9. The number of amides is 2. The Morgan fingerprint density at radius 3 is 2.92 bits per heavy atom. The Hall–Kier alpha value is -2.21. The van der Waals surface area contributed by atoms with Crippen LogP contribution in [-0.2, 0) is 22.4 Å². The van der Waals surface area contributed by atoms with E-state index < -0.39 is 17.6 Å². The number of thiophene rings is 1. The van der Waals surface area contributed by atoms with Crippen LogP contribution >= 0.6 is 11.3 Å². The fourth-order valence-corrected chi connectivity index (χ4v) is 5.12. The van der Waals surface area contributed by atoms with E-state index >= 15 is 0 Å². The molecule has 2 atom stereocenters. The Bertz CT molecular complexity index is 848. The predicted octanol–water partition coefficient (Wildman–Crippen LogP) is 3.19. The second-order valence-corrected chi connectivity index (χ2v) is 7.68. The van der Waals surface area contributed by atoms with Crippen LogP contribution in [0.1, 0.15) is 28.3 Å². The lowest BCUT2D eigenvalue weighted by Gasteiger charge is -2.17. The number of para-hydroxylation sites is 1. The van der Waals surface area contributed by atoms with Gasteiger partial charge in [-0.3, -0.25) is 9.59 Å². The number of halogens is 1. The molecule has 0 spiro atoms. The van der Waals surface area contributed by atoms with E-state index in [1.165, 1.54) is 22.6 Å². The molecule has 2 aliphatic rings. The third kappa shape index (κ3) is 2.74. The molecule has 1 fully saturated rings. The molecule has 0 unspecified atom stereocenters. The van der Waals surface area contributed by atoms with Gasteiger partial charge < -0.3 is 10.2 Å². The number of hydrogen-bond acceptors (Lipinski definition) is 3. The van der Waals surface area contributed by atoms with Crippen LogP contribution in [0.2, 0.25) is 0 Å². The van der Waals surface area contributed by atoms with Gasteiger partial charge in [-0.1, -0.05) is 12.1 Å². The number of anilines is 1. The van der Waals surface area contributed by atoms with Gasteiger partial charge in [-0.2, -0.15) is 0 Å². The summed E-state index contributed by atoms with van der Waals surface area (Å²) in [6.45, 7) is 0.525. The van der Waals surface area contributed by atoms with Crippen molar-refractivity contribution in [2.75, 3.05) is 18.9 Å². The van der Waals surface area contributed by atoms with Crippen molar-refractivity contribution in [3.8, 4) is 0 Å². The Morgan fingerprint density at radius 2 is 2.12 bits per heavy atom. The largest absolute Gasteiger partial charge is 0.344 e. The number of nitrogens with one attached hydrogen (secondary N) is 1. The summed E-state index contributed by atoms with van der Waals surface area (Å²) >= 11 is 1.73. The first-order chi connectivity index (χ1) is 12.1. The maximum Gasteiger partial charge on any atom is 0.237 e. The number of rotatable bonds is 3. The van der Waals surface area contributed by atoms with Crippen LogP contribution in [0.15, 0.2) is 29.6 Å². The Morgan fingerprint density at radius 1 is 1.32 bits per heavy atom. The van der Waals surface area contributed by atoms with E-state index in [4.69, 9.17) is 0 Å². The van der Waals surface area contributed by atoms with Gasteiger partial charge >= 0.3 is 0 Å². The Balaban J connectivity index is 1.64. The third-order valence-corrected chi connectivity index (χ3v) is 6.28. The molecule has 2 heterocycles. The molecular formula is C19H19FN2O2S. The van der Waals surface area contributed by atoms with Crippen LogP contribution in [-0.4, -0.2) is 30.3 Å². The second kappa shape index (κ2) is 6.26. The van der Waals surface area contributed by atoms with Gasteiger partial charge in [0.2, 0.25) is 11.8 Å². The molecule has 1 aliphatic heterocycles. The highest BCUT2D eigenvalue weighted by atomic mass is 32.1. The van der Waals surface area contributed by atoms with E-state index in [9.17, 15) is 14.0 Å². The number of carbonyl (C=O) groups is 2. The molecule has 1 aromatic heterocycles. The SMILES string of the molecule is CN1C[C@H](c2csc3c2CCC3)[C@@H](C(=O)Nc2ccccc2F)C1=O. The fourth-order valence-electron chi connectivity index (χ4n) is 3.91. The molecule has 1 N–H and O–H groups in total. The molecular weight excluding hydrogens is 339 g/mol. The average molecular weight is 358 g/mol. The maximum absolute atomic E-state index is 13.9. The lowest BCUT2D eigenvalue weighted by atomic mass is 9.86. The first-order valence-electron chi connectivity index (χ1n) is 8.45. The van der Waals surface area contributed by atoms with Crippen molar-refractivity contribution in [1.29, 1.82) is 0 Å². The third-order valence-electron chi connectivity index (χ3n) is 5.17. The number of nitrogens with zero attached hydrogens (tertiary/aromatic N) is 1. The average Bonchev–Trinajstić information content (AvgIpc) is 3.25. The summed E-state index contributed by atoms with van der Waals surface area (Å²) in [5.41, 5.74) is 2.56. The van der Waals surface area contributed by atoms with E-state index in [0.717, 1.165) is 24.8 Å². The first-order valence-corrected chi connectivity index (χ1v) is 9.33. The van der Waals surface area contributed by atoms with E-state index in [1.54, 1.807) is 35.4 Å². The number of likely N-dealkylation sites (tertiary alicyclic amines) is 1. The molecule has 2 amide bonds. The zero-order valence-corrected chi connectivity index (χ0v) is 14.7. The highest BCUT2D eigenvalue weighted by Gasteiger charge is 2.45. The normalized spacial score (nSPS) is 22.3. The first kappa shape index (κ1) is 16.3. The molecule has 0 saturated carbocycles. The van der Waals surface area contributed by atoms with Crippen molar-refractivity contribution in [3.63, 3.8) is 0 Å². The van der Waals surface area contributed by atoms with Crippen LogP contribution in [0, 0.1) is 11.7 Å². The van der Waals surface area contributed by atoms with Crippen LogP contribution in [0.3, 0.4) is 0 Å². The Labute approximate surface area is 149 Å². The number of fused-ring (bicyclic) bond motifs is 1. The topological polar surface area (TPSA) is 49.4 Å². The van der Waals surface area contributed by atoms with Crippen molar-refractivity contribution in [1.82, 2.24) is 4.90 Å². The van der Waals surface area contributed by atoms with Crippen molar-refractivity contribution in [3.05, 3.63) is 51.5 Å². The smallest absolute Gasteiger partial charge is 0.237 e. The molecule has 4 nitrogen and oxygen atoms in total. The standard InChI is InChI=1S/C19H19FN2O2S/c1-22-9-12(13-10-25-16-8-4-5-11(13)16)17(19(22)24)18(23)21-15-7-3-2-6-14(15)20/h2-3,6-7,10,12,17H,4-5,8-9H2,1H3,(H,21,23)/t12-,17+/m1/s1. The van der Waals surface area contributed by atoms with Crippen LogP contribution in [0.5, 0.6) is 0 Å². The lowest BCUT2D eigenvalue weighted by molar-refractivity contribution is -0.135. The zero-order chi connectivity index (χ0) is 17.6. The summed E-state index contributed by atoms with van der Waals surface area (Å²) in [4.78, 5) is 28.4. The predicted molar refractivity (Wildman–Crippen MR) is 95.2 cm³/mol. The summed E-state index contributed by atoms with van der Waals surface area (Å²) in [7, 11) is 1.72. The van der Waals surface area contributed by atoms with E-state index in [2.05, 4.69) is 10.7 Å². The number of hydrogen-bond donors (Lipinski definition) is 1. The summed E-state index contributed by atoms with van der Waals surface area (Å²) in [6.07, 6.45) is 3.24. The molecule has 0 radical (unpaired) electrons. The molecule has 6 heteroatoms. The highest BCUT2D eigenvalue weighted by molar-refractivity contribution is 7.10. The van der Waals surface area contributed by atoms with Gasteiger partial charge in [0.05, 0.1) is 5.69 Å². The van der Waals surface area contributed by atoms with Gasteiger partial charge in [0.25, 0.3) is 0 Å². The second-order valence-electron chi connectivity index (χ2n) is 6.72. The summed E-state index contributed by atoms with van der Waals surface area (Å²) in [5.74, 6) is -2.09. The molecule has 130 valence electrons. The molecule has 1 aromatic carbocycles. The van der Waals surface area contributed by atoms with Gasteiger partial charge in [-0.25, -0.2) is 4.39 Å². The van der Waals surface area contributed by atoms with Crippen molar-refractivity contribution >= 4 is 28.8 Å². The van der Waals surface area contributed by atoms with Gasteiger partial charge in [-0.15, -0.1) is 11.3 Å². The maximum atomic E-state index is 13.9. The minimum atomic E-state index is -0.802. The van der Waals surface area contributed by atoms with Crippen LogP contribution in [0.25, 0.3) is 0 Å². The number of aryl methyl sites for hydroxylation is 1. The van der Waals surface area contributed by atoms with Crippen molar-refractivity contribution in [2.45, 2.75) is 25.2 Å². The van der Waals surface area contributed by atoms with E-state index in [0.29, 0.717) is 6.54 Å². The molecule has 0 bridgehead atoms. The molecule has 2 aromatic rings. The summed E-state index contributed by atoms with van der Waals surface area (Å²) in [6, 6.07) is 6.02. The minimum Gasteiger partial charge on any atom is -0.344 e. The Kier molecular flexibility index (Phi) is 4.07. The van der Waals surface area contributed by atoms with E-state index in [1.807, 2.05) is 0 Å². The van der Waals surface area contributed by atoms with Crippen molar-refractivity contribution < 1.29 is 14.0 Å². The molecule has 1 saturated heterocycles. The number of benzene rings is 1. The van der Waals surface area contributed by atoms with Crippen molar-refractivity contribution in [2.24, 2.45) is 5.92 Å². The van der Waals surface area contributed by atoms with E-state index in [-0.39, 0.29) is 17.5 Å². The summed E-state index contributed by atoms with van der Waals surface area (Å²) < 4.78 is 13.9. The van der Waals surface area contributed by atoms with Gasteiger partial charge in [0.1, 0.15) is 11.7 Å². The lowest BCUT2D eigenvalue weighted by Crippen LogP contribution is -2.33.